The topological polar surface area (TPSA) is 101 Å². The normalized spacial score (nSPS) is 12.2. The van der Waals surface area contributed by atoms with Crippen molar-refractivity contribution in [3.8, 4) is 11.8 Å². The number of carboxylic acid groups (broad SMARTS) is 2. The second-order valence-corrected chi connectivity index (χ2v) is 4.19. The molecule has 0 aromatic heterocycles. The van der Waals surface area contributed by atoms with E-state index in [1.165, 1.54) is 0 Å². The van der Waals surface area contributed by atoms with Crippen LogP contribution in [0.15, 0.2) is 0 Å². The van der Waals surface area contributed by atoms with Crippen LogP contribution < -0.4 is 5.73 Å². The summed E-state index contributed by atoms with van der Waals surface area (Å²) in [4.78, 5) is 19.2. The van der Waals surface area contributed by atoms with Crippen LogP contribution in [0, 0.1) is 17.8 Å². The van der Waals surface area contributed by atoms with Gasteiger partial charge in [-0.3, -0.25) is 4.79 Å². The van der Waals surface area contributed by atoms with E-state index in [9.17, 15) is 4.79 Å². The van der Waals surface area contributed by atoms with Crippen molar-refractivity contribution in [3.05, 3.63) is 0 Å². The van der Waals surface area contributed by atoms with Crippen LogP contribution in [-0.2, 0) is 4.79 Å². The summed E-state index contributed by atoms with van der Waals surface area (Å²) in [7, 11) is 0. The Hall–Kier alpha value is -0.970. The third-order valence-corrected chi connectivity index (χ3v) is 1.74. The maximum atomic E-state index is 10.4. The van der Waals surface area contributed by atoms with Crippen molar-refractivity contribution in [2.24, 2.45) is 11.7 Å². The molecule has 0 aliphatic carbocycles. The Kier molecular flexibility index (Phi) is 9.54. The molecule has 80 valence electrons. The number of amides is 1. The summed E-state index contributed by atoms with van der Waals surface area (Å²) < 4.78 is 0.0579. The predicted molar refractivity (Wildman–Crippen MR) is 60.3 cm³/mol. The molecule has 0 aromatic carbocycles. The molecule has 14 heavy (non-hydrogen) atoms. The monoisotopic (exact) mass is 313 g/mol. The summed E-state index contributed by atoms with van der Waals surface area (Å²) in [6, 6.07) is 0. The first-order valence-electron chi connectivity index (χ1n) is 3.60. The highest BCUT2D eigenvalue weighted by Gasteiger charge is 2.19. The van der Waals surface area contributed by atoms with Crippen LogP contribution >= 0.6 is 22.6 Å². The molecule has 0 aliphatic heterocycles. The average molecular weight is 313 g/mol. The van der Waals surface area contributed by atoms with Gasteiger partial charge in [0.05, 0.1) is 0 Å². The number of hydrogen-bond acceptors (Lipinski definition) is 2. The Morgan fingerprint density at radius 3 is 1.86 bits per heavy atom. The first-order chi connectivity index (χ1) is 6.32. The zero-order valence-corrected chi connectivity index (χ0v) is 9.98. The van der Waals surface area contributed by atoms with Gasteiger partial charge >= 0.3 is 12.1 Å². The Labute approximate surface area is 95.8 Å². The molecule has 0 aliphatic rings. The van der Waals surface area contributed by atoms with Crippen molar-refractivity contribution in [2.75, 3.05) is 0 Å². The Morgan fingerprint density at radius 2 is 1.79 bits per heavy atom. The van der Waals surface area contributed by atoms with Gasteiger partial charge in [-0.1, -0.05) is 35.4 Å². The number of carboxylic acids is 1. The molecular weight excluding hydrogens is 301 g/mol. The lowest BCUT2D eigenvalue weighted by atomic mass is 10.1. The highest BCUT2D eigenvalue weighted by Crippen LogP contribution is 2.11. The number of primary amides is 1. The quantitative estimate of drug-likeness (QED) is 0.404. The summed E-state index contributed by atoms with van der Waals surface area (Å²) in [5.74, 6) is 3.86. The van der Waals surface area contributed by atoms with Gasteiger partial charge in [0.25, 0.3) is 0 Å². The summed E-state index contributed by atoms with van der Waals surface area (Å²) in [5.41, 5.74) is 4.03. The van der Waals surface area contributed by atoms with Gasteiger partial charge in [0.1, 0.15) is 5.92 Å². The van der Waals surface area contributed by atoms with Crippen molar-refractivity contribution in [1.82, 2.24) is 0 Å². The molecule has 0 radical (unpaired) electrons. The molecule has 1 amide bonds. The second kappa shape index (κ2) is 8.62. The maximum Gasteiger partial charge on any atom is 0.402 e. The molecule has 0 heterocycles. The van der Waals surface area contributed by atoms with Crippen LogP contribution in [0.1, 0.15) is 13.8 Å². The minimum absolute atomic E-state index is 0.0579. The Morgan fingerprint density at radius 1 is 1.43 bits per heavy atom. The highest BCUT2D eigenvalue weighted by molar-refractivity contribution is 14.1. The first kappa shape index (κ1) is 15.5. The molecule has 2 unspecified atom stereocenters. The van der Waals surface area contributed by atoms with Gasteiger partial charge in [-0.2, -0.15) is 0 Å². The van der Waals surface area contributed by atoms with Crippen LogP contribution in [0.5, 0.6) is 0 Å². The lowest BCUT2D eigenvalue weighted by Gasteiger charge is -2.05. The van der Waals surface area contributed by atoms with E-state index in [2.05, 4.69) is 40.2 Å². The van der Waals surface area contributed by atoms with Crippen molar-refractivity contribution in [2.45, 2.75) is 17.8 Å². The van der Waals surface area contributed by atoms with Crippen LogP contribution in [0.25, 0.3) is 0 Å². The van der Waals surface area contributed by atoms with Crippen molar-refractivity contribution < 1.29 is 19.8 Å². The predicted octanol–water partition coefficient (Wildman–Crippen LogP) is 1.16. The fourth-order valence-corrected chi connectivity index (χ4v) is 1.02. The van der Waals surface area contributed by atoms with Crippen molar-refractivity contribution in [3.63, 3.8) is 0 Å². The van der Waals surface area contributed by atoms with Crippen molar-refractivity contribution >= 4 is 34.7 Å². The van der Waals surface area contributed by atoms with Gasteiger partial charge in [0.2, 0.25) is 0 Å². The third kappa shape index (κ3) is 11.0. The maximum absolute atomic E-state index is 10.4. The largest absolute Gasteiger partial charge is 0.480 e. The molecule has 6 heteroatoms. The molecule has 0 rings (SSSR count). The van der Waals surface area contributed by atoms with Crippen LogP contribution in [-0.4, -0.2) is 26.2 Å². The van der Waals surface area contributed by atoms with Gasteiger partial charge in [-0.05, 0) is 6.92 Å². The molecule has 0 aromatic rings. The van der Waals surface area contributed by atoms with Crippen LogP contribution in [0.2, 0.25) is 0 Å². The first-order valence-corrected chi connectivity index (χ1v) is 4.85. The van der Waals surface area contributed by atoms with Crippen molar-refractivity contribution in [1.29, 1.82) is 0 Å². The molecule has 0 spiro atoms. The van der Waals surface area contributed by atoms with E-state index < -0.39 is 18.0 Å². The Bertz CT molecular complexity index is 250. The second-order valence-electron chi connectivity index (χ2n) is 2.23. The summed E-state index contributed by atoms with van der Waals surface area (Å²) in [5, 5.41) is 15.8. The molecule has 0 fully saturated rings. The van der Waals surface area contributed by atoms with Gasteiger partial charge in [0, 0.05) is 3.92 Å². The van der Waals surface area contributed by atoms with Crippen LogP contribution in [0.4, 0.5) is 4.79 Å². The zero-order chi connectivity index (χ0) is 11.7. The van der Waals surface area contributed by atoms with E-state index in [0.717, 1.165) is 0 Å². The van der Waals surface area contributed by atoms with E-state index in [4.69, 9.17) is 15.0 Å². The van der Waals surface area contributed by atoms with E-state index >= 15 is 0 Å². The van der Waals surface area contributed by atoms with Gasteiger partial charge in [-0.15, -0.1) is 5.92 Å². The number of rotatable bonds is 2. The minimum atomic E-state index is -1.33. The number of nitrogens with two attached hydrogens (primary N) is 1. The van der Waals surface area contributed by atoms with Crippen LogP contribution in [0.3, 0.4) is 0 Å². The van der Waals surface area contributed by atoms with Gasteiger partial charge in [0.15, 0.2) is 0 Å². The highest BCUT2D eigenvalue weighted by atomic mass is 127. The van der Waals surface area contributed by atoms with Gasteiger partial charge < -0.3 is 15.9 Å². The SMILES string of the molecule is CC#CC(C(=O)O)C(C)I.NC(=O)O. The molecule has 5 nitrogen and oxygen atoms in total. The molecule has 0 saturated carbocycles. The summed E-state index contributed by atoms with van der Waals surface area (Å²) in [6.07, 6.45) is -1.33. The zero-order valence-electron chi connectivity index (χ0n) is 7.82. The molecule has 0 saturated heterocycles. The fourth-order valence-electron chi connectivity index (χ4n) is 0.529. The van der Waals surface area contributed by atoms with E-state index in [0.29, 0.717) is 0 Å². The number of halogens is 1. The Balaban J connectivity index is 0. The van der Waals surface area contributed by atoms with Gasteiger partial charge in [-0.25, -0.2) is 4.79 Å². The summed E-state index contributed by atoms with van der Waals surface area (Å²) in [6.45, 7) is 3.48. The smallest absolute Gasteiger partial charge is 0.402 e. The fraction of sp³-hybridized carbons (Fsp3) is 0.500. The number of carbonyl (C=O) groups is 2. The molecule has 4 N–H and O–H groups in total. The number of aliphatic carboxylic acids is 1. The number of hydrogen-bond donors (Lipinski definition) is 3. The lowest BCUT2D eigenvalue weighted by Crippen LogP contribution is -2.19. The molecule has 0 bridgehead atoms. The minimum Gasteiger partial charge on any atom is -0.480 e. The van der Waals surface area contributed by atoms with E-state index in [1.54, 1.807) is 6.92 Å². The molecular formula is C8H12INO4. The third-order valence-electron chi connectivity index (χ3n) is 1.03. The summed E-state index contributed by atoms with van der Waals surface area (Å²) >= 11 is 2.06. The average Bonchev–Trinajstić information content (AvgIpc) is 1.97. The van der Waals surface area contributed by atoms with E-state index in [1.807, 2.05) is 6.92 Å². The van der Waals surface area contributed by atoms with E-state index in [-0.39, 0.29) is 3.92 Å². The standard InChI is InChI=1S/C7H9IO2.CH3NO2/c1-3-4-6(5(2)8)7(9)10;2-1(3)4/h5-6H,1-2H3,(H,9,10);2H2,(H,3,4). The lowest BCUT2D eigenvalue weighted by molar-refractivity contribution is -0.139. The molecule has 2 atom stereocenters. The number of alkyl halides is 1.